The first-order chi connectivity index (χ1) is 15.6. The van der Waals surface area contributed by atoms with Gasteiger partial charge in [0.2, 0.25) is 0 Å². The molecule has 2 aromatic heterocycles. The Morgan fingerprint density at radius 3 is 2.78 bits per heavy atom. The van der Waals surface area contributed by atoms with E-state index in [2.05, 4.69) is 36.2 Å². The second-order valence-electron chi connectivity index (χ2n) is 7.96. The molecule has 0 unspecified atom stereocenters. The summed E-state index contributed by atoms with van der Waals surface area (Å²) in [5, 5.41) is 13.2. The Balaban J connectivity index is 1.29. The molecule has 4 nitrogen and oxygen atoms in total. The SMILES string of the molecule is Cc1cc(SCc2sc(-c3nccc4ccccc34)nc2C)ccc1OCC(O)=C1CC1. The minimum Gasteiger partial charge on any atom is -0.509 e. The highest BCUT2D eigenvalue weighted by Gasteiger charge is 2.18. The monoisotopic (exact) mass is 460 g/mol. The Labute approximate surface area is 196 Å². The summed E-state index contributed by atoms with van der Waals surface area (Å²) in [6, 6.07) is 16.6. The molecule has 5 rings (SSSR count). The number of hydrogen-bond donors (Lipinski definition) is 1. The highest BCUT2D eigenvalue weighted by Crippen LogP contribution is 2.36. The first-order valence-corrected chi connectivity index (χ1v) is 12.5. The molecule has 6 heteroatoms. The molecule has 0 radical (unpaired) electrons. The van der Waals surface area contributed by atoms with Crippen LogP contribution >= 0.6 is 23.1 Å². The van der Waals surface area contributed by atoms with Crippen LogP contribution in [0, 0.1) is 13.8 Å². The van der Waals surface area contributed by atoms with E-state index >= 15 is 0 Å². The molecule has 32 heavy (non-hydrogen) atoms. The molecule has 2 aromatic carbocycles. The summed E-state index contributed by atoms with van der Waals surface area (Å²) in [7, 11) is 0. The third-order valence-corrected chi connectivity index (χ3v) is 7.92. The van der Waals surface area contributed by atoms with Crippen LogP contribution in [-0.2, 0) is 5.75 Å². The zero-order valence-corrected chi connectivity index (χ0v) is 19.7. The number of pyridine rings is 1. The second-order valence-corrected chi connectivity index (χ2v) is 10.1. The Kier molecular flexibility index (Phi) is 5.89. The number of fused-ring (bicyclic) bond motifs is 1. The minimum absolute atomic E-state index is 0.258. The predicted octanol–water partition coefficient (Wildman–Crippen LogP) is 7.25. The van der Waals surface area contributed by atoms with Gasteiger partial charge in [0.05, 0.1) is 5.69 Å². The summed E-state index contributed by atoms with van der Waals surface area (Å²) in [6.07, 6.45) is 3.86. The third kappa shape index (κ3) is 4.52. The lowest BCUT2D eigenvalue weighted by molar-refractivity contribution is 0.267. The number of hydrogen-bond acceptors (Lipinski definition) is 6. The van der Waals surface area contributed by atoms with E-state index in [1.807, 2.05) is 37.4 Å². The van der Waals surface area contributed by atoms with Gasteiger partial charge in [0.1, 0.15) is 28.8 Å². The van der Waals surface area contributed by atoms with Gasteiger partial charge in [0.25, 0.3) is 0 Å². The van der Waals surface area contributed by atoms with Crippen LogP contribution in [0.3, 0.4) is 0 Å². The fraction of sp³-hybridized carbons (Fsp3) is 0.231. The highest BCUT2D eigenvalue weighted by atomic mass is 32.2. The van der Waals surface area contributed by atoms with Crippen molar-refractivity contribution >= 4 is 33.9 Å². The molecule has 1 N–H and O–H groups in total. The maximum atomic E-state index is 9.92. The molecule has 1 aliphatic rings. The topological polar surface area (TPSA) is 55.2 Å². The fourth-order valence-electron chi connectivity index (χ4n) is 3.58. The first kappa shape index (κ1) is 21.0. The number of nitrogens with zero attached hydrogens (tertiary/aromatic N) is 2. The maximum Gasteiger partial charge on any atom is 0.145 e. The van der Waals surface area contributed by atoms with Gasteiger partial charge < -0.3 is 9.84 Å². The van der Waals surface area contributed by atoms with E-state index in [-0.39, 0.29) is 6.61 Å². The van der Waals surface area contributed by atoms with Gasteiger partial charge in [-0.2, -0.15) is 0 Å². The minimum atomic E-state index is 0.258. The van der Waals surface area contributed by atoms with E-state index in [9.17, 15) is 5.11 Å². The fourth-order valence-corrected chi connectivity index (χ4v) is 5.79. The number of benzene rings is 2. The summed E-state index contributed by atoms with van der Waals surface area (Å²) in [5.41, 5.74) is 4.21. The first-order valence-electron chi connectivity index (χ1n) is 10.6. The lowest BCUT2D eigenvalue weighted by atomic mass is 10.1. The van der Waals surface area contributed by atoms with E-state index < -0.39 is 0 Å². The zero-order valence-electron chi connectivity index (χ0n) is 18.1. The van der Waals surface area contributed by atoms with E-state index in [4.69, 9.17) is 9.72 Å². The zero-order chi connectivity index (χ0) is 22.1. The Bertz CT molecular complexity index is 1320. The lowest BCUT2D eigenvalue weighted by Gasteiger charge is -2.10. The van der Waals surface area contributed by atoms with Crippen LogP contribution in [0.15, 0.2) is 71.0 Å². The van der Waals surface area contributed by atoms with E-state index in [0.29, 0.717) is 5.76 Å². The van der Waals surface area contributed by atoms with Crippen molar-refractivity contribution in [3.8, 4) is 16.5 Å². The molecule has 1 saturated carbocycles. The third-order valence-electron chi connectivity index (χ3n) is 5.56. The van der Waals surface area contributed by atoms with Crippen molar-refractivity contribution in [3.63, 3.8) is 0 Å². The highest BCUT2D eigenvalue weighted by molar-refractivity contribution is 7.98. The number of aliphatic hydroxyl groups excluding tert-OH is 1. The number of rotatable bonds is 7. The molecule has 0 bridgehead atoms. The normalized spacial score (nSPS) is 12.9. The largest absolute Gasteiger partial charge is 0.509 e. The molecule has 1 fully saturated rings. The van der Waals surface area contributed by atoms with Crippen molar-refractivity contribution in [1.29, 1.82) is 0 Å². The van der Waals surface area contributed by atoms with Crippen LogP contribution in [0.2, 0.25) is 0 Å². The molecular weight excluding hydrogens is 436 g/mol. The molecule has 0 atom stereocenters. The molecule has 0 saturated heterocycles. The van der Waals surface area contributed by atoms with Crippen LogP contribution in [0.25, 0.3) is 21.5 Å². The number of allylic oxidation sites excluding steroid dienone is 1. The molecule has 2 heterocycles. The van der Waals surface area contributed by atoms with Crippen molar-refractivity contribution in [2.45, 2.75) is 37.3 Å². The molecule has 0 spiro atoms. The van der Waals surface area contributed by atoms with Crippen LogP contribution in [0.5, 0.6) is 5.75 Å². The van der Waals surface area contributed by atoms with Crippen molar-refractivity contribution in [1.82, 2.24) is 9.97 Å². The van der Waals surface area contributed by atoms with E-state index in [0.717, 1.165) is 57.3 Å². The summed E-state index contributed by atoms with van der Waals surface area (Å²) in [5.74, 6) is 2.07. The summed E-state index contributed by atoms with van der Waals surface area (Å²) in [6.45, 7) is 4.38. The number of aryl methyl sites for hydroxylation is 2. The van der Waals surface area contributed by atoms with Gasteiger partial charge in [-0.25, -0.2) is 4.98 Å². The van der Waals surface area contributed by atoms with Gasteiger partial charge in [-0.15, -0.1) is 23.1 Å². The second kappa shape index (κ2) is 8.96. The Morgan fingerprint density at radius 1 is 1.12 bits per heavy atom. The lowest BCUT2D eigenvalue weighted by Crippen LogP contribution is -2.02. The molecule has 162 valence electrons. The summed E-state index contributed by atoms with van der Waals surface area (Å²) < 4.78 is 5.79. The van der Waals surface area contributed by atoms with Gasteiger partial charge in [-0.3, -0.25) is 4.98 Å². The number of thiazole rings is 1. The quantitative estimate of drug-likeness (QED) is 0.232. The van der Waals surface area contributed by atoms with Crippen molar-refractivity contribution in [3.05, 3.63) is 82.2 Å². The molecule has 0 aliphatic heterocycles. The predicted molar refractivity (Wildman–Crippen MR) is 133 cm³/mol. The Morgan fingerprint density at radius 2 is 1.97 bits per heavy atom. The smallest absolute Gasteiger partial charge is 0.145 e. The van der Waals surface area contributed by atoms with Gasteiger partial charge in [0.15, 0.2) is 0 Å². The van der Waals surface area contributed by atoms with Crippen LogP contribution in [0.4, 0.5) is 0 Å². The van der Waals surface area contributed by atoms with E-state index in [1.165, 1.54) is 15.2 Å². The van der Waals surface area contributed by atoms with Crippen molar-refractivity contribution < 1.29 is 9.84 Å². The average molecular weight is 461 g/mol. The van der Waals surface area contributed by atoms with Gasteiger partial charge in [0, 0.05) is 27.1 Å². The maximum absolute atomic E-state index is 9.92. The van der Waals surface area contributed by atoms with Crippen LogP contribution in [0.1, 0.15) is 29.0 Å². The van der Waals surface area contributed by atoms with Gasteiger partial charge in [-0.05, 0) is 67.5 Å². The number of ether oxygens (including phenoxy) is 1. The molecular formula is C26H24N2O2S2. The summed E-state index contributed by atoms with van der Waals surface area (Å²) >= 11 is 3.52. The number of aliphatic hydroxyl groups is 1. The van der Waals surface area contributed by atoms with Gasteiger partial charge in [-0.1, -0.05) is 24.3 Å². The Hall–Kier alpha value is -2.83. The van der Waals surface area contributed by atoms with E-state index in [1.54, 1.807) is 23.1 Å². The van der Waals surface area contributed by atoms with Crippen LogP contribution < -0.4 is 4.74 Å². The van der Waals surface area contributed by atoms with Crippen molar-refractivity contribution in [2.75, 3.05) is 6.61 Å². The average Bonchev–Trinajstić information content (AvgIpc) is 3.59. The molecule has 4 aromatic rings. The number of aromatic nitrogens is 2. The van der Waals surface area contributed by atoms with Gasteiger partial charge >= 0.3 is 0 Å². The summed E-state index contributed by atoms with van der Waals surface area (Å²) in [4.78, 5) is 11.9. The standard InChI is InChI=1S/C26H24N2O2S2/c1-16-13-20(9-10-23(16)30-14-22(29)19-7-8-19)31-15-24-17(2)28-26(32-24)25-21-6-4-3-5-18(21)11-12-27-25/h3-6,9-13,29H,7-8,14-15H2,1-2H3. The molecule has 1 aliphatic carbocycles. The molecule has 0 amide bonds. The number of thioether (sulfide) groups is 1. The van der Waals surface area contributed by atoms with Crippen LogP contribution in [-0.4, -0.2) is 21.7 Å². The van der Waals surface area contributed by atoms with Crippen molar-refractivity contribution in [2.24, 2.45) is 0 Å².